The van der Waals surface area contributed by atoms with Gasteiger partial charge in [0.2, 0.25) is 0 Å². The van der Waals surface area contributed by atoms with Crippen molar-refractivity contribution in [3.63, 3.8) is 0 Å². The zero-order chi connectivity index (χ0) is 13.3. The van der Waals surface area contributed by atoms with Crippen molar-refractivity contribution >= 4 is 5.97 Å². The molecule has 0 aliphatic heterocycles. The molecule has 18 heavy (non-hydrogen) atoms. The molecule has 0 aliphatic rings. The molecule has 94 valence electrons. The van der Waals surface area contributed by atoms with Crippen molar-refractivity contribution in [1.29, 1.82) is 0 Å². The second-order valence-electron chi connectivity index (χ2n) is 4.24. The maximum atomic E-state index is 13.1. The van der Waals surface area contributed by atoms with Gasteiger partial charge >= 0.3 is 5.97 Å². The Bertz CT molecular complexity index is 590. The number of halogens is 1. The van der Waals surface area contributed by atoms with Crippen LogP contribution in [0.25, 0.3) is 11.3 Å². The molecule has 1 heterocycles. The van der Waals surface area contributed by atoms with Crippen molar-refractivity contribution < 1.29 is 18.8 Å². The van der Waals surface area contributed by atoms with E-state index in [1.54, 1.807) is 6.07 Å². The van der Waals surface area contributed by atoms with Gasteiger partial charge in [0.1, 0.15) is 17.1 Å². The van der Waals surface area contributed by atoms with Gasteiger partial charge in [0, 0.05) is 11.5 Å². The Morgan fingerprint density at radius 3 is 2.72 bits per heavy atom. The number of benzene rings is 1. The fraction of sp³-hybridized carbons (Fsp3) is 0.231. The van der Waals surface area contributed by atoms with Crippen LogP contribution in [0.4, 0.5) is 4.39 Å². The molecule has 1 aromatic heterocycles. The van der Waals surface area contributed by atoms with E-state index in [1.807, 2.05) is 13.8 Å². The van der Waals surface area contributed by atoms with Crippen LogP contribution in [0.5, 0.6) is 0 Å². The molecule has 0 bridgehead atoms. The van der Waals surface area contributed by atoms with Crippen molar-refractivity contribution in [3.8, 4) is 11.3 Å². The van der Waals surface area contributed by atoms with Gasteiger partial charge in [0.15, 0.2) is 5.76 Å². The Morgan fingerprint density at radius 1 is 1.44 bits per heavy atom. The van der Waals surface area contributed by atoms with Gasteiger partial charge in [-0.25, -0.2) is 9.18 Å². The highest BCUT2D eigenvalue weighted by Crippen LogP contribution is 2.29. The van der Waals surface area contributed by atoms with Crippen LogP contribution in [0.1, 0.15) is 35.9 Å². The van der Waals surface area contributed by atoms with E-state index in [4.69, 9.17) is 4.52 Å². The molecule has 0 unspecified atom stereocenters. The molecule has 5 heteroatoms. The smallest absolute Gasteiger partial charge is 0.341 e. The third-order valence-electron chi connectivity index (χ3n) is 2.55. The van der Waals surface area contributed by atoms with Crippen molar-refractivity contribution in [1.82, 2.24) is 5.16 Å². The first-order chi connectivity index (χ1) is 8.50. The van der Waals surface area contributed by atoms with Gasteiger partial charge < -0.3 is 9.63 Å². The van der Waals surface area contributed by atoms with E-state index in [-0.39, 0.29) is 17.2 Å². The van der Waals surface area contributed by atoms with E-state index >= 15 is 0 Å². The molecule has 0 aliphatic carbocycles. The number of hydrogen-bond donors (Lipinski definition) is 1. The Labute approximate surface area is 103 Å². The number of nitrogens with zero attached hydrogens (tertiary/aromatic N) is 1. The van der Waals surface area contributed by atoms with Crippen LogP contribution >= 0.6 is 0 Å². The number of carboxylic acid groups (broad SMARTS) is 1. The zero-order valence-corrected chi connectivity index (χ0v) is 9.98. The first-order valence-corrected chi connectivity index (χ1v) is 5.49. The molecule has 2 rings (SSSR count). The number of hydrogen-bond acceptors (Lipinski definition) is 3. The highest BCUT2D eigenvalue weighted by Gasteiger charge is 2.25. The molecule has 2 aromatic rings. The molecule has 0 fully saturated rings. The van der Waals surface area contributed by atoms with Crippen LogP contribution in [-0.2, 0) is 0 Å². The van der Waals surface area contributed by atoms with Crippen molar-refractivity contribution in [2.45, 2.75) is 19.8 Å². The highest BCUT2D eigenvalue weighted by molar-refractivity contribution is 5.95. The summed E-state index contributed by atoms with van der Waals surface area (Å²) in [5, 5.41) is 13.0. The summed E-state index contributed by atoms with van der Waals surface area (Å²) in [4.78, 5) is 11.3. The van der Waals surface area contributed by atoms with E-state index in [0.29, 0.717) is 11.3 Å². The van der Waals surface area contributed by atoms with E-state index < -0.39 is 11.8 Å². The monoisotopic (exact) mass is 249 g/mol. The lowest BCUT2D eigenvalue weighted by Crippen LogP contribution is -2.02. The summed E-state index contributed by atoms with van der Waals surface area (Å²) in [6.07, 6.45) is 0. The zero-order valence-electron chi connectivity index (χ0n) is 9.98. The molecule has 1 N–H and O–H groups in total. The molecule has 0 radical (unpaired) electrons. The minimum absolute atomic E-state index is 0.00407. The number of aromatic nitrogens is 1. The Morgan fingerprint density at radius 2 is 2.17 bits per heavy atom. The van der Waals surface area contributed by atoms with Gasteiger partial charge in [-0.3, -0.25) is 0 Å². The lowest BCUT2D eigenvalue weighted by molar-refractivity contribution is 0.0694. The fourth-order valence-corrected chi connectivity index (χ4v) is 1.74. The number of rotatable bonds is 3. The molecule has 0 saturated carbocycles. The molecular weight excluding hydrogens is 237 g/mol. The van der Waals surface area contributed by atoms with Crippen molar-refractivity contribution in [2.24, 2.45) is 0 Å². The van der Waals surface area contributed by atoms with Crippen LogP contribution in [-0.4, -0.2) is 16.2 Å². The van der Waals surface area contributed by atoms with E-state index in [9.17, 15) is 14.3 Å². The maximum Gasteiger partial charge on any atom is 0.341 e. The Kier molecular flexibility index (Phi) is 3.14. The lowest BCUT2D eigenvalue weighted by Gasteiger charge is -2.01. The molecule has 0 atom stereocenters. The van der Waals surface area contributed by atoms with Gasteiger partial charge in [-0.1, -0.05) is 31.1 Å². The topological polar surface area (TPSA) is 63.3 Å². The first kappa shape index (κ1) is 12.3. The van der Waals surface area contributed by atoms with Crippen molar-refractivity contribution in [2.75, 3.05) is 0 Å². The van der Waals surface area contributed by atoms with E-state index in [2.05, 4.69) is 5.16 Å². The molecule has 0 spiro atoms. The predicted molar refractivity (Wildman–Crippen MR) is 62.9 cm³/mol. The van der Waals surface area contributed by atoms with Crippen LogP contribution in [0.15, 0.2) is 28.8 Å². The summed E-state index contributed by atoms with van der Waals surface area (Å²) in [5.41, 5.74) is 0.546. The number of carbonyl (C=O) groups is 1. The molecule has 0 saturated heterocycles. The second kappa shape index (κ2) is 4.60. The van der Waals surface area contributed by atoms with Crippen LogP contribution in [0.3, 0.4) is 0 Å². The molecule has 0 amide bonds. The van der Waals surface area contributed by atoms with Crippen LogP contribution < -0.4 is 0 Å². The molecule has 4 nitrogen and oxygen atoms in total. The van der Waals surface area contributed by atoms with Gasteiger partial charge in [-0.2, -0.15) is 0 Å². The Balaban J connectivity index is 2.62. The standard InChI is InChI=1S/C13H12FNO3/c1-7(2)12-10(13(16)17)11(15-18-12)8-4-3-5-9(14)6-8/h3-7H,1-2H3,(H,16,17). The van der Waals surface area contributed by atoms with Gasteiger partial charge in [0.05, 0.1) is 0 Å². The summed E-state index contributed by atoms with van der Waals surface area (Å²) >= 11 is 0. The highest BCUT2D eigenvalue weighted by atomic mass is 19.1. The predicted octanol–water partition coefficient (Wildman–Crippen LogP) is 3.30. The van der Waals surface area contributed by atoms with Crippen LogP contribution in [0, 0.1) is 5.82 Å². The summed E-state index contributed by atoms with van der Waals surface area (Å²) in [5.74, 6) is -1.38. The third kappa shape index (κ3) is 2.11. The minimum Gasteiger partial charge on any atom is -0.477 e. The Hall–Kier alpha value is -2.17. The van der Waals surface area contributed by atoms with Gasteiger partial charge in [0.25, 0.3) is 0 Å². The van der Waals surface area contributed by atoms with Crippen molar-refractivity contribution in [3.05, 3.63) is 41.4 Å². The average Bonchev–Trinajstić information content (AvgIpc) is 2.73. The SMILES string of the molecule is CC(C)c1onc(-c2cccc(F)c2)c1C(=O)O. The summed E-state index contributed by atoms with van der Waals surface area (Å²) in [6, 6.07) is 5.61. The summed E-state index contributed by atoms with van der Waals surface area (Å²) in [6.45, 7) is 3.62. The normalized spacial score (nSPS) is 10.9. The largest absolute Gasteiger partial charge is 0.477 e. The summed E-state index contributed by atoms with van der Waals surface area (Å²) < 4.78 is 18.2. The molecule has 1 aromatic carbocycles. The quantitative estimate of drug-likeness (QED) is 0.906. The lowest BCUT2D eigenvalue weighted by atomic mass is 10.0. The third-order valence-corrected chi connectivity index (χ3v) is 2.55. The fourth-order valence-electron chi connectivity index (χ4n) is 1.74. The summed E-state index contributed by atoms with van der Waals surface area (Å²) in [7, 11) is 0. The van der Waals surface area contributed by atoms with E-state index in [0.717, 1.165) is 0 Å². The maximum absolute atomic E-state index is 13.1. The second-order valence-corrected chi connectivity index (χ2v) is 4.24. The van der Waals surface area contributed by atoms with E-state index in [1.165, 1.54) is 18.2 Å². The van der Waals surface area contributed by atoms with Crippen LogP contribution in [0.2, 0.25) is 0 Å². The number of aromatic carboxylic acids is 1. The first-order valence-electron chi connectivity index (χ1n) is 5.49. The number of carboxylic acids is 1. The minimum atomic E-state index is -1.13. The molecular formula is C13H12FNO3. The van der Waals surface area contributed by atoms with Gasteiger partial charge in [-0.05, 0) is 12.1 Å². The average molecular weight is 249 g/mol. The van der Waals surface area contributed by atoms with Gasteiger partial charge in [-0.15, -0.1) is 0 Å².